The maximum atomic E-state index is 11.7. The van der Waals surface area contributed by atoms with Crippen molar-refractivity contribution in [3.8, 4) is 5.75 Å². The highest BCUT2D eigenvalue weighted by atomic mass is 16.5. The SMILES string of the molecule is CC(/C=C/c1ccccc1)=N\NC(=O)COc1ccccc1C. The second kappa shape index (κ2) is 8.54. The predicted molar refractivity (Wildman–Crippen MR) is 93.4 cm³/mol. The molecule has 4 nitrogen and oxygen atoms in total. The summed E-state index contributed by atoms with van der Waals surface area (Å²) in [6, 6.07) is 17.5. The number of carbonyl (C=O) groups excluding carboxylic acids is 1. The van der Waals surface area contributed by atoms with Gasteiger partial charge in [-0.15, -0.1) is 0 Å². The number of hydrogen-bond donors (Lipinski definition) is 1. The van der Waals surface area contributed by atoms with Gasteiger partial charge in [0.25, 0.3) is 5.91 Å². The van der Waals surface area contributed by atoms with E-state index in [4.69, 9.17) is 4.74 Å². The van der Waals surface area contributed by atoms with Crippen LogP contribution in [-0.2, 0) is 4.79 Å². The molecule has 0 unspecified atom stereocenters. The summed E-state index contributed by atoms with van der Waals surface area (Å²) in [5, 5.41) is 4.02. The van der Waals surface area contributed by atoms with E-state index in [2.05, 4.69) is 10.5 Å². The van der Waals surface area contributed by atoms with Gasteiger partial charge < -0.3 is 4.74 Å². The molecule has 118 valence electrons. The Morgan fingerprint density at radius 1 is 1.13 bits per heavy atom. The number of nitrogens with one attached hydrogen (secondary N) is 1. The maximum Gasteiger partial charge on any atom is 0.277 e. The van der Waals surface area contributed by atoms with E-state index >= 15 is 0 Å². The summed E-state index contributed by atoms with van der Waals surface area (Å²) in [6.07, 6.45) is 3.78. The molecule has 0 saturated carbocycles. The molecule has 0 saturated heterocycles. The summed E-state index contributed by atoms with van der Waals surface area (Å²) in [6.45, 7) is 3.69. The van der Waals surface area contributed by atoms with Gasteiger partial charge in [0, 0.05) is 0 Å². The van der Waals surface area contributed by atoms with Crippen molar-refractivity contribution in [3.63, 3.8) is 0 Å². The van der Waals surface area contributed by atoms with Gasteiger partial charge >= 0.3 is 0 Å². The number of carbonyl (C=O) groups is 1. The Morgan fingerprint density at radius 2 is 1.83 bits per heavy atom. The van der Waals surface area contributed by atoms with E-state index in [0.29, 0.717) is 11.5 Å². The summed E-state index contributed by atoms with van der Waals surface area (Å²) in [7, 11) is 0. The molecule has 2 rings (SSSR count). The molecule has 23 heavy (non-hydrogen) atoms. The molecular formula is C19H20N2O2. The first-order chi connectivity index (χ1) is 11.1. The molecule has 0 aliphatic carbocycles. The minimum Gasteiger partial charge on any atom is -0.483 e. The lowest BCUT2D eigenvalue weighted by Gasteiger charge is -2.07. The Kier molecular flexibility index (Phi) is 6.12. The van der Waals surface area contributed by atoms with Crippen LogP contribution in [-0.4, -0.2) is 18.2 Å². The minimum absolute atomic E-state index is 0.0654. The highest BCUT2D eigenvalue weighted by Gasteiger charge is 2.03. The summed E-state index contributed by atoms with van der Waals surface area (Å²) >= 11 is 0. The monoisotopic (exact) mass is 308 g/mol. The van der Waals surface area contributed by atoms with Crippen LogP contribution in [0, 0.1) is 6.92 Å². The van der Waals surface area contributed by atoms with Gasteiger partial charge in [0.15, 0.2) is 6.61 Å². The van der Waals surface area contributed by atoms with E-state index in [0.717, 1.165) is 11.1 Å². The topological polar surface area (TPSA) is 50.7 Å². The zero-order chi connectivity index (χ0) is 16.5. The molecule has 4 heteroatoms. The third-order valence-corrected chi connectivity index (χ3v) is 3.13. The molecule has 0 atom stereocenters. The van der Waals surface area contributed by atoms with Gasteiger partial charge in [-0.3, -0.25) is 4.79 Å². The molecule has 0 fully saturated rings. The Balaban J connectivity index is 1.81. The number of hydrazone groups is 1. The number of allylic oxidation sites excluding steroid dienone is 1. The van der Waals surface area contributed by atoms with E-state index in [-0.39, 0.29) is 12.5 Å². The molecule has 0 aromatic heterocycles. The predicted octanol–water partition coefficient (Wildman–Crippen LogP) is 3.58. The molecule has 0 spiro atoms. The van der Waals surface area contributed by atoms with Gasteiger partial charge in [-0.1, -0.05) is 54.6 Å². The number of amides is 1. The number of rotatable bonds is 6. The van der Waals surface area contributed by atoms with Gasteiger partial charge in [0.05, 0.1) is 5.71 Å². The number of ether oxygens (including phenoxy) is 1. The molecule has 2 aromatic carbocycles. The second-order valence-corrected chi connectivity index (χ2v) is 5.09. The normalized spacial score (nSPS) is 11.5. The van der Waals surface area contributed by atoms with Crippen molar-refractivity contribution < 1.29 is 9.53 Å². The average molecular weight is 308 g/mol. The fourth-order valence-electron chi connectivity index (χ4n) is 1.86. The van der Waals surface area contributed by atoms with E-state index in [1.54, 1.807) is 0 Å². The number of para-hydroxylation sites is 1. The first-order valence-corrected chi connectivity index (χ1v) is 7.40. The van der Waals surface area contributed by atoms with Crippen LogP contribution in [0.3, 0.4) is 0 Å². The van der Waals surface area contributed by atoms with Crippen LogP contribution in [0.2, 0.25) is 0 Å². The first kappa shape index (κ1) is 16.5. The Labute approximate surface area is 136 Å². The van der Waals surface area contributed by atoms with Gasteiger partial charge in [0.2, 0.25) is 0 Å². The first-order valence-electron chi connectivity index (χ1n) is 7.40. The smallest absolute Gasteiger partial charge is 0.277 e. The van der Waals surface area contributed by atoms with Crippen molar-refractivity contribution in [1.82, 2.24) is 5.43 Å². The van der Waals surface area contributed by atoms with Gasteiger partial charge in [0.1, 0.15) is 5.75 Å². The van der Waals surface area contributed by atoms with Crippen molar-refractivity contribution in [2.75, 3.05) is 6.61 Å². The van der Waals surface area contributed by atoms with Gasteiger partial charge in [-0.2, -0.15) is 5.10 Å². The van der Waals surface area contributed by atoms with Crippen LogP contribution in [0.15, 0.2) is 65.8 Å². The molecule has 1 amide bonds. The molecule has 1 N–H and O–H groups in total. The van der Waals surface area contributed by atoms with Crippen LogP contribution >= 0.6 is 0 Å². The number of nitrogens with zero attached hydrogens (tertiary/aromatic N) is 1. The molecule has 2 aromatic rings. The van der Waals surface area contributed by atoms with E-state index in [9.17, 15) is 4.79 Å². The molecule has 0 bridgehead atoms. The van der Waals surface area contributed by atoms with E-state index in [1.165, 1.54) is 0 Å². The van der Waals surface area contributed by atoms with Crippen molar-refractivity contribution in [2.24, 2.45) is 5.10 Å². The summed E-state index contributed by atoms with van der Waals surface area (Å²) in [4.78, 5) is 11.7. The molecular weight excluding hydrogens is 288 g/mol. The second-order valence-electron chi connectivity index (χ2n) is 5.09. The van der Waals surface area contributed by atoms with Gasteiger partial charge in [-0.05, 0) is 37.1 Å². The van der Waals surface area contributed by atoms with Crippen LogP contribution in [0.4, 0.5) is 0 Å². The van der Waals surface area contributed by atoms with E-state index in [1.807, 2.05) is 80.6 Å². The Hall–Kier alpha value is -2.88. The highest BCUT2D eigenvalue weighted by Crippen LogP contribution is 2.15. The minimum atomic E-state index is -0.291. The lowest BCUT2D eigenvalue weighted by Crippen LogP contribution is -2.25. The Morgan fingerprint density at radius 3 is 2.57 bits per heavy atom. The largest absolute Gasteiger partial charge is 0.483 e. The van der Waals surface area contributed by atoms with Crippen molar-refractivity contribution in [1.29, 1.82) is 0 Å². The van der Waals surface area contributed by atoms with Gasteiger partial charge in [-0.25, -0.2) is 5.43 Å². The standard InChI is InChI=1S/C19H20N2O2/c1-15-8-6-7-11-18(15)23-14-19(22)21-20-16(2)12-13-17-9-4-3-5-10-17/h3-13H,14H2,1-2H3,(H,21,22)/b13-12+,20-16+. The van der Waals surface area contributed by atoms with Crippen molar-refractivity contribution >= 4 is 17.7 Å². The summed E-state index contributed by atoms with van der Waals surface area (Å²) < 4.78 is 5.46. The quantitative estimate of drug-likeness (QED) is 0.655. The zero-order valence-corrected chi connectivity index (χ0v) is 13.3. The lowest BCUT2D eigenvalue weighted by molar-refractivity contribution is -0.123. The molecule has 0 aliphatic heterocycles. The van der Waals surface area contributed by atoms with Crippen LogP contribution in [0.1, 0.15) is 18.1 Å². The Bertz CT molecular complexity index is 706. The molecule has 0 heterocycles. The van der Waals surface area contributed by atoms with Crippen LogP contribution < -0.4 is 10.2 Å². The summed E-state index contributed by atoms with van der Waals surface area (Å²) in [5.74, 6) is 0.410. The van der Waals surface area contributed by atoms with Crippen LogP contribution in [0.25, 0.3) is 6.08 Å². The lowest BCUT2D eigenvalue weighted by atomic mass is 10.2. The number of benzene rings is 2. The van der Waals surface area contributed by atoms with Crippen molar-refractivity contribution in [2.45, 2.75) is 13.8 Å². The average Bonchev–Trinajstić information content (AvgIpc) is 2.58. The maximum absolute atomic E-state index is 11.7. The van der Waals surface area contributed by atoms with Crippen molar-refractivity contribution in [3.05, 3.63) is 71.8 Å². The third-order valence-electron chi connectivity index (χ3n) is 3.13. The third kappa shape index (κ3) is 5.79. The molecule has 0 radical (unpaired) electrons. The highest BCUT2D eigenvalue weighted by molar-refractivity contribution is 5.97. The zero-order valence-electron chi connectivity index (χ0n) is 13.3. The number of hydrogen-bond acceptors (Lipinski definition) is 3. The fraction of sp³-hybridized carbons (Fsp3) is 0.158. The number of aryl methyl sites for hydroxylation is 1. The fourth-order valence-corrected chi connectivity index (χ4v) is 1.86. The van der Waals surface area contributed by atoms with E-state index < -0.39 is 0 Å². The molecule has 0 aliphatic rings. The van der Waals surface area contributed by atoms with Crippen LogP contribution in [0.5, 0.6) is 5.75 Å². The summed E-state index contributed by atoms with van der Waals surface area (Å²) in [5.41, 5.74) is 5.26.